The minimum atomic E-state index is -0.0549. The average Bonchev–Trinajstić information content (AvgIpc) is 3.15. The fourth-order valence-corrected chi connectivity index (χ4v) is 4.10. The first-order valence-electron chi connectivity index (χ1n) is 8.97. The van der Waals surface area contributed by atoms with Crippen molar-refractivity contribution >= 4 is 54.2 Å². The zero-order chi connectivity index (χ0) is 19.9. The van der Waals surface area contributed by atoms with Gasteiger partial charge in [-0.25, -0.2) is 4.98 Å². The van der Waals surface area contributed by atoms with E-state index < -0.39 is 0 Å². The second kappa shape index (κ2) is 10.2. The second-order valence-corrected chi connectivity index (χ2v) is 8.79. The van der Waals surface area contributed by atoms with Gasteiger partial charge in [-0.3, -0.25) is 4.79 Å². The largest absolute Gasteiger partial charge is 0.492 e. The Kier molecular flexibility index (Phi) is 7.65. The van der Waals surface area contributed by atoms with Gasteiger partial charge in [0.15, 0.2) is 5.13 Å². The van der Waals surface area contributed by atoms with E-state index in [0.29, 0.717) is 24.6 Å². The van der Waals surface area contributed by atoms with Crippen LogP contribution >= 0.6 is 43.2 Å². The number of hydrogen-bond donors (Lipinski definition) is 1. The van der Waals surface area contributed by atoms with E-state index in [2.05, 4.69) is 61.2 Å². The normalized spacial score (nSPS) is 10.7. The molecule has 28 heavy (non-hydrogen) atoms. The molecule has 0 unspecified atom stereocenters. The maximum absolute atomic E-state index is 12.1. The summed E-state index contributed by atoms with van der Waals surface area (Å²) in [6.07, 6.45) is 2.01. The van der Waals surface area contributed by atoms with Crippen molar-refractivity contribution in [3.05, 3.63) is 62.4 Å². The van der Waals surface area contributed by atoms with Crippen LogP contribution in [0.15, 0.2) is 56.8 Å². The molecule has 0 spiro atoms. The third-order valence-electron chi connectivity index (χ3n) is 4.10. The standard InChI is InChI=1S/C21H20Br2N2O2S/c1-2-14-5-10-19(17(23)12-14)27-11-3-4-20(26)25-21-24-18(13-28-21)15-6-8-16(22)9-7-15/h5-10,12-13H,2-4,11H2,1H3,(H,24,25,26). The predicted octanol–water partition coefficient (Wildman–Crippen LogP) is 6.70. The van der Waals surface area contributed by atoms with Crippen molar-refractivity contribution in [1.82, 2.24) is 4.98 Å². The Balaban J connectivity index is 1.44. The fourth-order valence-electron chi connectivity index (χ4n) is 2.56. The zero-order valence-electron chi connectivity index (χ0n) is 15.4. The van der Waals surface area contributed by atoms with Crippen LogP contribution in [0.1, 0.15) is 25.3 Å². The highest BCUT2D eigenvalue weighted by atomic mass is 79.9. The molecule has 0 aliphatic heterocycles. The molecule has 2 aromatic carbocycles. The van der Waals surface area contributed by atoms with Crippen LogP contribution in [0.2, 0.25) is 0 Å². The summed E-state index contributed by atoms with van der Waals surface area (Å²) in [5.74, 6) is 0.748. The van der Waals surface area contributed by atoms with Gasteiger partial charge in [0, 0.05) is 21.8 Å². The summed E-state index contributed by atoms with van der Waals surface area (Å²) in [5, 5.41) is 5.42. The molecule has 1 amide bonds. The van der Waals surface area contributed by atoms with E-state index in [4.69, 9.17) is 4.74 Å². The number of carbonyl (C=O) groups excluding carboxylic acids is 1. The Hall–Kier alpha value is -1.70. The maximum atomic E-state index is 12.1. The molecule has 1 heterocycles. The first-order valence-corrected chi connectivity index (χ1v) is 11.4. The topological polar surface area (TPSA) is 51.2 Å². The minimum absolute atomic E-state index is 0.0549. The molecule has 0 aliphatic rings. The molecule has 0 fully saturated rings. The molecule has 0 atom stereocenters. The molecule has 146 valence electrons. The lowest BCUT2D eigenvalue weighted by atomic mass is 10.2. The van der Waals surface area contributed by atoms with Crippen molar-refractivity contribution in [3.8, 4) is 17.0 Å². The van der Waals surface area contributed by atoms with E-state index in [-0.39, 0.29) is 5.91 Å². The third-order valence-corrected chi connectivity index (χ3v) is 6.01. The molecule has 0 saturated carbocycles. The monoisotopic (exact) mass is 522 g/mol. The van der Waals surface area contributed by atoms with E-state index in [0.717, 1.165) is 32.4 Å². The third kappa shape index (κ3) is 5.90. The first kappa shape index (κ1) is 21.0. The molecule has 3 aromatic rings. The number of aromatic nitrogens is 1. The lowest BCUT2D eigenvalue weighted by molar-refractivity contribution is -0.116. The molecule has 4 nitrogen and oxygen atoms in total. The van der Waals surface area contributed by atoms with Crippen molar-refractivity contribution in [2.45, 2.75) is 26.2 Å². The van der Waals surface area contributed by atoms with Crippen LogP contribution in [0, 0.1) is 0 Å². The highest BCUT2D eigenvalue weighted by molar-refractivity contribution is 9.10. The number of aryl methyl sites for hydroxylation is 1. The van der Waals surface area contributed by atoms with Gasteiger partial charge in [0.1, 0.15) is 5.75 Å². The van der Waals surface area contributed by atoms with E-state index in [9.17, 15) is 4.79 Å². The van der Waals surface area contributed by atoms with E-state index in [1.807, 2.05) is 35.7 Å². The van der Waals surface area contributed by atoms with Crippen LogP contribution in [0.4, 0.5) is 5.13 Å². The van der Waals surface area contributed by atoms with Crippen LogP contribution in [-0.2, 0) is 11.2 Å². The Morgan fingerprint density at radius 2 is 1.96 bits per heavy atom. The summed E-state index contributed by atoms with van der Waals surface area (Å²) >= 11 is 8.37. The molecule has 7 heteroatoms. The number of nitrogens with one attached hydrogen (secondary N) is 1. The summed E-state index contributed by atoms with van der Waals surface area (Å²) in [6, 6.07) is 14.0. The number of amides is 1. The summed E-state index contributed by atoms with van der Waals surface area (Å²) in [6.45, 7) is 2.60. The molecular formula is C21H20Br2N2O2S. The van der Waals surface area contributed by atoms with Gasteiger partial charge in [0.25, 0.3) is 0 Å². The van der Waals surface area contributed by atoms with Crippen LogP contribution in [0.25, 0.3) is 11.3 Å². The Bertz CT molecular complexity index is 942. The van der Waals surface area contributed by atoms with Gasteiger partial charge in [-0.05, 0) is 58.6 Å². The second-order valence-electron chi connectivity index (χ2n) is 6.16. The Morgan fingerprint density at radius 1 is 1.18 bits per heavy atom. The van der Waals surface area contributed by atoms with Crippen molar-refractivity contribution in [2.24, 2.45) is 0 Å². The molecular weight excluding hydrogens is 504 g/mol. The van der Waals surface area contributed by atoms with Crippen molar-refractivity contribution in [3.63, 3.8) is 0 Å². The fraction of sp³-hybridized carbons (Fsp3) is 0.238. The Labute approximate surface area is 185 Å². The van der Waals surface area contributed by atoms with Crippen LogP contribution in [0.5, 0.6) is 5.75 Å². The zero-order valence-corrected chi connectivity index (χ0v) is 19.4. The quantitative estimate of drug-likeness (QED) is 0.334. The van der Waals surface area contributed by atoms with Gasteiger partial charge in [-0.1, -0.05) is 41.1 Å². The molecule has 0 radical (unpaired) electrons. The number of thiazole rings is 1. The average molecular weight is 524 g/mol. The smallest absolute Gasteiger partial charge is 0.226 e. The number of rotatable bonds is 8. The summed E-state index contributed by atoms with van der Waals surface area (Å²) in [7, 11) is 0. The SMILES string of the molecule is CCc1ccc(OCCCC(=O)Nc2nc(-c3ccc(Br)cc3)cs2)c(Br)c1. The van der Waals surface area contributed by atoms with Gasteiger partial charge in [0.05, 0.1) is 16.8 Å². The maximum Gasteiger partial charge on any atom is 0.226 e. The predicted molar refractivity (Wildman–Crippen MR) is 122 cm³/mol. The molecule has 1 aromatic heterocycles. The molecule has 3 rings (SSSR count). The van der Waals surface area contributed by atoms with Gasteiger partial charge >= 0.3 is 0 Å². The molecule has 0 saturated heterocycles. The minimum Gasteiger partial charge on any atom is -0.492 e. The summed E-state index contributed by atoms with van der Waals surface area (Å²) in [5.41, 5.74) is 3.13. The van der Waals surface area contributed by atoms with Crippen LogP contribution < -0.4 is 10.1 Å². The summed E-state index contributed by atoms with van der Waals surface area (Å²) < 4.78 is 7.73. The number of carbonyl (C=O) groups is 1. The number of anilines is 1. The van der Waals surface area contributed by atoms with Crippen LogP contribution in [-0.4, -0.2) is 17.5 Å². The van der Waals surface area contributed by atoms with E-state index >= 15 is 0 Å². The van der Waals surface area contributed by atoms with E-state index in [1.165, 1.54) is 16.9 Å². The number of hydrogen-bond acceptors (Lipinski definition) is 4. The van der Waals surface area contributed by atoms with Crippen molar-refractivity contribution < 1.29 is 9.53 Å². The lowest BCUT2D eigenvalue weighted by Crippen LogP contribution is -2.12. The molecule has 0 bridgehead atoms. The lowest BCUT2D eigenvalue weighted by Gasteiger charge is -2.09. The van der Waals surface area contributed by atoms with Crippen molar-refractivity contribution in [2.75, 3.05) is 11.9 Å². The Morgan fingerprint density at radius 3 is 2.68 bits per heavy atom. The van der Waals surface area contributed by atoms with Gasteiger partial charge in [0.2, 0.25) is 5.91 Å². The number of ether oxygens (including phenoxy) is 1. The van der Waals surface area contributed by atoms with Crippen molar-refractivity contribution in [1.29, 1.82) is 0 Å². The highest BCUT2D eigenvalue weighted by Gasteiger charge is 2.09. The van der Waals surface area contributed by atoms with Gasteiger partial charge < -0.3 is 10.1 Å². The number of benzene rings is 2. The van der Waals surface area contributed by atoms with Gasteiger partial charge in [-0.15, -0.1) is 11.3 Å². The van der Waals surface area contributed by atoms with Gasteiger partial charge in [-0.2, -0.15) is 0 Å². The highest BCUT2D eigenvalue weighted by Crippen LogP contribution is 2.27. The molecule has 0 aliphatic carbocycles. The van der Waals surface area contributed by atoms with Crippen LogP contribution in [0.3, 0.4) is 0 Å². The number of halogens is 2. The first-order chi connectivity index (χ1) is 13.5. The summed E-state index contributed by atoms with van der Waals surface area (Å²) in [4.78, 5) is 16.6. The van der Waals surface area contributed by atoms with E-state index in [1.54, 1.807) is 0 Å². The number of nitrogens with zero attached hydrogens (tertiary/aromatic N) is 1. The molecule has 1 N–H and O–H groups in total.